The lowest BCUT2D eigenvalue weighted by atomic mass is 9.92. The Morgan fingerprint density at radius 3 is 2.69 bits per heavy atom. The van der Waals surface area contributed by atoms with Crippen LogP contribution < -0.4 is 10.2 Å². The molecule has 7 rings (SSSR count). The summed E-state index contributed by atoms with van der Waals surface area (Å²) in [5.41, 5.74) is 4.43. The first-order chi connectivity index (χ1) is 21.9. The minimum absolute atomic E-state index is 0.0747. The van der Waals surface area contributed by atoms with Crippen LogP contribution in [0.4, 0.5) is 16.2 Å². The molecule has 1 aromatic heterocycles. The number of ether oxygens (including phenoxy) is 1. The lowest BCUT2D eigenvalue weighted by molar-refractivity contribution is -0.131. The van der Waals surface area contributed by atoms with E-state index in [0.717, 1.165) is 42.3 Å². The molecule has 234 valence electrons. The molecule has 9 nitrogen and oxygen atoms in total. The molecular weight excluding hydrogens is 569 g/mol. The van der Waals surface area contributed by atoms with E-state index >= 15 is 0 Å². The molecule has 4 aliphatic rings. The van der Waals surface area contributed by atoms with Gasteiger partial charge in [-0.25, -0.2) is 15.9 Å². The van der Waals surface area contributed by atoms with Crippen molar-refractivity contribution in [3.8, 4) is 0 Å². The first-order valence-corrected chi connectivity index (χ1v) is 16.1. The maximum Gasteiger partial charge on any atom is 0.282 e. The summed E-state index contributed by atoms with van der Waals surface area (Å²) in [5.74, 6) is -0.379. The van der Waals surface area contributed by atoms with E-state index in [-0.39, 0.29) is 24.7 Å². The largest absolute Gasteiger partial charge is 0.368 e. The van der Waals surface area contributed by atoms with Gasteiger partial charge in [-0.2, -0.15) is 4.98 Å². The average Bonchev–Trinajstić information content (AvgIpc) is 3.63. The number of benzene rings is 2. The molecule has 10 heteroatoms. The fraction of sp³-hybridized carbons (Fsp3) is 0.486. The highest BCUT2D eigenvalue weighted by atomic mass is 19.1. The molecule has 3 saturated heterocycles. The second kappa shape index (κ2) is 12.0. The average molecular weight is 610 g/mol. The first kappa shape index (κ1) is 29.6. The fourth-order valence-corrected chi connectivity index (χ4v) is 8.11. The number of hydrogen-bond donors (Lipinski definition) is 1. The number of rotatable bonds is 7. The SMILES string of the molecule is [C-]#[N+]C[C@H]1CN(c2nc(NCC34CCCN3CCC4)nc3c2COC(c2cccc4cccc(C)c24)C3)CCN1C(=O)C(=C)F. The molecule has 0 saturated carbocycles. The van der Waals surface area contributed by atoms with Crippen LogP contribution in [0.1, 0.15) is 54.2 Å². The van der Waals surface area contributed by atoms with Gasteiger partial charge in [0.1, 0.15) is 11.9 Å². The van der Waals surface area contributed by atoms with E-state index in [4.69, 9.17) is 21.3 Å². The van der Waals surface area contributed by atoms with E-state index in [1.165, 1.54) is 46.9 Å². The van der Waals surface area contributed by atoms with Crippen LogP contribution in [0.15, 0.2) is 48.8 Å². The van der Waals surface area contributed by atoms with Gasteiger partial charge in [0.05, 0.1) is 18.4 Å². The summed E-state index contributed by atoms with van der Waals surface area (Å²) in [6.07, 6.45) is 5.26. The molecule has 2 atom stereocenters. The predicted octanol–water partition coefficient (Wildman–Crippen LogP) is 5.21. The van der Waals surface area contributed by atoms with Gasteiger partial charge in [-0.1, -0.05) is 43.0 Å². The minimum Gasteiger partial charge on any atom is -0.368 e. The van der Waals surface area contributed by atoms with Crippen LogP contribution >= 0.6 is 0 Å². The Balaban J connectivity index is 1.23. The van der Waals surface area contributed by atoms with Crippen molar-refractivity contribution in [3.05, 3.63) is 82.6 Å². The van der Waals surface area contributed by atoms with Gasteiger partial charge in [-0.05, 0) is 67.6 Å². The number of amides is 1. The van der Waals surface area contributed by atoms with Crippen molar-refractivity contribution in [1.82, 2.24) is 19.8 Å². The Labute approximate surface area is 263 Å². The molecule has 0 radical (unpaired) electrons. The quantitative estimate of drug-likeness (QED) is 0.291. The van der Waals surface area contributed by atoms with E-state index in [2.05, 4.69) is 69.9 Å². The van der Waals surface area contributed by atoms with Gasteiger partial charge < -0.3 is 24.7 Å². The number of fused-ring (bicyclic) bond motifs is 3. The third-order valence-electron chi connectivity index (χ3n) is 10.3. The highest BCUT2D eigenvalue weighted by molar-refractivity contribution is 5.91. The number of carbonyl (C=O) groups is 1. The summed E-state index contributed by atoms with van der Waals surface area (Å²) in [4.78, 5) is 32.5. The van der Waals surface area contributed by atoms with E-state index < -0.39 is 17.8 Å². The van der Waals surface area contributed by atoms with Crippen molar-refractivity contribution in [2.24, 2.45) is 0 Å². The summed E-state index contributed by atoms with van der Waals surface area (Å²) in [5, 5.41) is 6.06. The molecule has 45 heavy (non-hydrogen) atoms. The Morgan fingerprint density at radius 2 is 1.93 bits per heavy atom. The van der Waals surface area contributed by atoms with Crippen LogP contribution in [0, 0.1) is 13.5 Å². The number of halogens is 1. The summed E-state index contributed by atoms with van der Waals surface area (Å²) in [6, 6.07) is 12.3. The highest BCUT2D eigenvalue weighted by Crippen LogP contribution is 2.40. The van der Waals surface area contributed by atoms with Gasteiger partial charge in [-0.15, -0.1) is 0 Å². The van der Waals surface area contributed by atoms with Crippen molar-refractivity contribution < 1.29 is 13.9 Å². The number of nitrogens with one attached hydrogen (secondary N) is 1. The molecule has 4 aliphatic heterocycles. The number of piperazine rings is 1. The zero-order chi connectivity index (χ0) is 31.1. The molecule has 0 spiro atoms. The Hall–Kier alpha value is -4.07. The number of aryl methyl sites for hydroxylation is 1. The summed E-state index contributed by atoms with van der Waals surface area (Å²) in [7, 11) is 0. The molecule has 1 N–H and O–H groups in total. The van der Waals surface area contributed by atoms with Gasteiger partial charge in [0.25, 0.3) is 5.91 Å². The smallest absolute Gasteiger partial charge is 0.282 e. The van der Waals surface area contributed by atoms with Crippen LogP contribution in [0.25, 0.3) is 15.6 Å². The predicted molar refractivity (Wildman–Crippen MR) is 173 cm³/mol. The van der Waals surface area contributed by atoms with Gasteiger partial charge in [0.2, 0.25) is 12.5 Å². The number of aromatic nitrogens is 2. The summed E-state index contributed by atoms with van der Waals surface area (Å²) in [6.45, 7) is 17.5. The highest BCUT2D eigenvalue weighted by Gasteiger charge is 2.44. The minimum atomic E-state index is -1.00. The zero-order valence-corrected chi connectivity index (χ0v) is 25.9. The van der Waals surface area contributed by atoms with Crippen LogP contribution in [0.5, 0.6) is 0 Å². The lowest BCUT2D eigenvalue weighted by Crippen LogP contribution is -2.57. The van der Waals surface area contributed by atoms with Gasteiger partial charge in [-0.3, -0.25) is 9.69 Å². The normalized spacial score (nSPS) is 22.6. The number of nitrogens with zero attached hydrogens (tertiary/aromatic N) is 6. The number of anilines is 2. The maximum atomic E-state index is 13.9. The maximum absolute atomic E-state index is 13.9. The molecule has 5 heterocycles. The molecular formula is C35H40FN7O2. The van der Waals surface area contributed by atoms with E-state index in [1.54, 1.807) is 0 Å². The van der Waals surface area contributed by atoms with Gasteiger partial charge in [0, 0.05) is 43.7 Å². The molecule has 1 amide bonds. The van der Waals surface area contributed by atoms with Crippen LogP contribution in [-0.4, -0.2) is 83.1 Å². The topological polar surface area (TPSA) is 78.2 Å². The number of carbonyl (C=O) groups excluding carboxylic acids is 1. The van der Waals surface area contributed by atoms with E-state index in [9.17, 15) is 9.18 Å². The summed E-state index contributed by atoms with van der Waals surface area (Å²) < 4.78 is 20.4. The van der Waals surface area contributed by atoms with E-state index in [1.807, 2.05) is 0 Å². The fourth-order valence-electron chi connectivity index (χ4n) is 8.11. The second-order valence-corrected chi connectivity index (χ2v) is 12.9. The van der Waals surface area contributed by atoms with Crippen molar-refractivity contribution in [1.29, 1.82) is 0 Å². The Bertz CT molecular complexity index is 1670. The van der Waals surface area contributed by atoms with E-state index in [0.29, 0.717) is 32.1 Å². The second-order valence-electron chi connectivity index (χ2n) is 12.9. The van der Waals surface area contributed by atoms with Crippen molar-refractivity contribution in [2.75, 3.05) is 56.0 Å². The Kier molecular flexibility index (Phi) is 7.92. The van der Waals surface area contributed by atoms with Crippen molar-refractivity contribution in [3.63, 3.8) is 0 Å². The lowest BCUT2D eigenvalue weighted by Gasteiger charge is -2.41. The van der Waals surface area contributed by atoms with Crippen molar-refractivity contribution >= 4 is 28.4 Å². The summed E-state index contributed by atoms with van der Waals surface area (Å²) >= 11 is 0. The first-order valence-electron chi connectivity index (χ1n) is 16.1. The van der Waals surface area contributed by atoms with Gasteiger partial charge >= 0.3 is 0 Å². The zero-order valence-electron chi connectivity index (χ0n) is 25.9. The Morgan fingerprint density at radius 1 is 1.16 bits per heavy atom. The molecule has 2 aromatic carbocycles. The van der Waals surface area contributed by atoms with Crippen LogP contribution in [-0.2, 0) is 22.6 Å². The van der Waals surface area contributed by atoms with Crippen LogP contribution in [0.3, 0.4) is 0 Å². The third-order valence-corrected chi connectivity index (χ3v) is 10.3. The van der Waals surface area contributed by atoms with Gasteiger partial charge in [0.15, 0.2) is 5.83 Å². The molecule has 1 unspecified atom stereocenters. The molecule has 0 bridgehead atoms. The van der Waals surface area contributed by atoms with Crippen LogP contribution in [0.2, 0.25) is 0 Å². The molecule has 0 aliphatic carbocycles. The third kappa shape index (κ3) is 5.42. The standard InChI is InChI=1S/C35H40FN7O2/c1-23-8-4-9-25-10-5-11-27(31(23)25)30-18-29-28(21-45-30)32(41-16-17-43(33(44)24(2)36)26(20-41)19-37-3)40-34(39-29)38-22-35-12-6-14-42(35)15-7-13-35/h4-5,8-11,26,30H,2,6-7,12-22H2,1H3,(H,38,39,40)/t26-,30?/m0/s1. The molecule has 3 fully saturated rings. The van der Waals surface area contributed by atoms with Crippen molar-refractivity contribution in [2.45, 2.75) is 63.3 Å². The molecule has 3 aromatic rings. The number of hydrogen-bond acceptors (Lipinski definition) is 7. The monoisotopic (exact) mass is 609 g/mol.